The van der Waals surface area contributed by atoms with Crippen LogP contribution in [0, 0.1) is 0 Å². The lowest BCUT2D eigenvalue weighted by Gasteiger charge is -2.25. The second-order valence-corrected chi connectivity index (χ2v) is 5.07. The van der Waals surface area contributed by atoms with Gasteiger partial charge < -0.3 is 24.3 Å². The molecule has 0 atom stereocenters. The number of methoxy groups -OCH3 is 2. The van der Waals surface area contributed by atoms with Crippen LogP contribution in [0.15, 0.2) is 18.2 Å². The van der Waals surface area contributed by atoms with Crippen LogP contribution in [0.3, 0.4) is 0 Å². The Labute approximate surface area is 126 Å². The molecule has 1 heterocycles. The first-order valence-electron chi connectivity index (χ1n) is 7.44. The van der Waals surface area contributed by atoms with E-state index >= 15 is 0 Å². The smallest absolute Gasteiger partial charge is 0.124 e. The molecule has 1 aliphatic heterocycles. The van der Waals surface area contributed by atoms with E-state index in [0.29, 0.717) is 6.61 Å². The van der Waals surface area contributed by atoms with Crippen molar-refractivity contribution in [1.82, 2.24) is 5.32 Å². The van der Waals surface area contributed by atoms with Gasteiger partial charge in [0.25, 0.3) is 0 Å². The predicted molar refractivity (Wildman–Crippen MR) is 81.0 cm³/mol. The topological polar surface area (TPSA) is 49.0 Å². The summed E-state index contributed by atoms with van der Waals surface area (Å²) in [6, 6.07) is 5.95. The van der Waals surface area contributed by atoms with Crippen LogP contribution >= 0.6 is 0 Å². The van der Waals surface area contributed by atoms with Crippen molar-refractivity contribution in [2.45, 2.75) is 25.5 Å². The molecule has 5 heteroatoms. The minimum atomic E-state index is 0.241. The predicted octanol–water partition coefficient (Wildman–Crippen LogP) is 1.99. The summed E-state index contributed by atoms with van der Waals surface area (Å²) in [5.41, 5.74) is 1.11. The Morgan fingerprint density at radius 3 is 2.76 bits per heavy atom. The van der Waals surface area contributed by atoms with Gasteiger partial charge in [-0.3, -0.25) is 0 Å². The number of benzene rings is 1. The number of rotatable bonds is 8. The van der Waals surface area contributed by atoms with Gasteiger partial charge in [0.05, 0.1) is 26.9 Å². The van der Waals surface area contributed by atoms with Gasteiger partial charge in [-0.15, -0.1) is 0 Å². The number of hydrogen-bond acceptors (Lipinski definition) is 5. The van der Waals surface area contributed by atoms with Gasteiger partial charge in [-0.1, -0.05) is 0 Å². The average Bonchev–Trinajstić information content (AvgIpc) is 2.54. The summed E-state index contributed by atoms with van der Waals surface area (Å²) < 4.78 is 21.8. The Balaban J connectivity index is 1.99. The highest BCUT2D eigenvalue weighted by Crippen LogP contribution is 2.26. The highest BCUT2D eigenvalue weighted by molar-refractivity contribution is 5.40. The average molecular weight is 295 g/mol. The van der Waals surface area contributed by atoms with E-state index in [9.17, 15) is 0 Å². The normalized spacial score (nSPS) is 15.9. The lowest BCUT2D eigenvalue weighted by molar-refractivity contribution is 0.0251. The molecule has 2 rings (SSSR count). The summed E-state index contributed by atoms with van der Waals surface area (Å²) in [5, 5.41) is 3.35. The molecule has 0 amide bonds. The molecular formula is C16H25NO4. The fourth-order valence-corrected chi connectivity index (χ4v) is 2.31. The third-order valence-corrected chi connectivity index (χ3v) is 3.53. The quantitative estimate of drug-likeness (QED) is 0.743. The zero-order valence-electron chi connectivity index (χ0n) is 12.9. The SMILES string of the molecule is COCCNCc1cc(OC)ccc1OC1CCOCC1. The van der Waals surface area contributed by atoms with E-state index in [1.165, 1.54) is 0 Å². The van der Waals surface area contributed by atoms with E-state index in [1.54, 1.807) is 14.2 Å². The van der Waals surface area contributed by atoms with Crippen molar-refractivity contribution in [3.63, 3.8) is 0 Å². The van der Waals surface area contributed by atoms with E-state index in [-0.39, 0.29) is 6.10 Å². The third-order valence-electron chi connectivity index (χ3n) is 3.53. The van der Waals surface area contributed by atoms with Crippen LogP contribution in [0.25, 0.3) is 0 Å². The second-order valence-electron chi connectivity index (χ2n) is 5.07. The molecule has 1 aliphatic rings. The van der Waals surface area contributed by atoms with Crippen molar-refractivity contribution in [3.8, 4) is 11.5 Å². The molecule has 0 aromatic heterocycles. The molecule has 0 aliphatic carbocycles. The maximum absolute atomic E-state index is 6.14. The van der Waals surface area contributed by atoms with Crippen LogP contribution in [0.4, 0.5) is 0 Å². The molecule has 1 N–H and O–H groups in total. The number of nitrogens with one attached hydrogen (secondary N) is 1. The molecule has 5 nitrogen and oxygen atoms in total. The van der Waals surface area contributed by atoms with Crippen molar-refractivity contribution in [1.29, 1.82) is 0 Å². The monoisotopic (exact) mass is 295 g/mol. The Kier molecular flexibility index (Phi) is 6.79. The molecule has 1 aromatic rings. The minimum absolute atomic E-state index is 0.241. The number of ether oxygens (including phenoxy) is 4. The van der Waals surface area contributed by atoms with E-state index in [0.717, 1.165) is 56.2 Å². The van der Waals surface area contributed by atoms with Gasteiger partial charge in [0.15, 0.2) is 0 Å². The first-order chi connectivity index (χ1) is 10.3. The van der Waals surface area contributed by atoms with Gasteiger partial charge in [-0.2, -0.15) is 0 Å². The molecule has 21 heavy (non-hydrogen) atoms. The summed E-state index contributed by atoms with van der Waals surface area (Å²) in [6.45, 7) is 3.80. The lowest BCUT2D eigenvalue weighted by Crippen LogP contribution is -2.27. The van der Waals surface area contributed by atoms with Gasteiger partial charge in [-0.25, -0.2) is 0 Å². The zero-order chi connectivity index (χ0) is 14.9. The summed E-state index contributed by atoms with van der Waals surface area (Å²) >= 11 is 0. The molecule has 118 valence electrons. The van der Waals surface area contributed by atoms with Crippen LogP contribution in [0.1, 0.15) is 18.4 Å². The van der Waals surface area contributed by atoms with E-state index in [1.807, 2.05) is 18.2 Å². The first kappa shape index (κ1) is 16.1. The molecule has 0 bridgehead atoms. The maximum Gasteiger partial charge on any atom is 0.124 e. The molecule has 1 fully saturated rings. The standard InChI is InChI=1S/C16H25NO4/c1-18-10-7-17-12-13-11-15(19-2)3-4-16(13)21-14-5-8-20-9-6-14/h3-4,11,14,17H,5-10,12H2,1-2H3. The Hall–Kier alpha value is -1.30. The lowest BCUT2D eigenvalue weighted by atomic mass is 10.1. The van der Waals surface area contributed by atoms with Crippen LogP contribution in [0.5, 0.6) is 11.5 Å². The van der Waals surface area contributed by atoms with E-state index < -0.39 is 0 Å². The molecular weight excluding hydrogens is 270 g/mol. The van der Waals surface area contributed by atoms with Crippen molar-refractivity contribution < 1.29 is 18.9 Å². The minimum Gasteiger partial charge on any atom is -0.497 e. The summed E-state index contributed by atoms with van der Waals surface area (Å²) in [6.07, 6.45) is 2.13. The molecule has 0 radical (unpaired) electrons. The van der Waals surface area contributed by atoms with Crippen LogP contribution in [-0.2, 0) is 16.0 Å². The highest BCUT2D eigenvalue weighted by Gasteiger charge is 2.17. The van der Waals surface area contributed by atoms with Gasteiger partial charge in [0, 0.05) is 38.6 Å². The molecule has 0 saturated carbocycles. The van der Waals surface area contributed by atoms with E-state index in [2.05, 4.69) is 5.32 Å². The van der Waals surface area contributed by atoms with Gasteiger partial charge in [-0.05, 0) is 18.2 Å². The first-order valence-corrected chi connectivity index (χ1v) is 7.44. The van der Waals surface area contributed by atoms with Crippen molar-refractivity contribution in [2.75, 3.05) is 40.6 Å². The molecule has 0 unspecified atom stereocenters. The van der Waals surface area contributed by atoms with Crippen LogP contribution < -0.4 is 14.8 Å². The summed E-state index contributed by atoms with van der Waals surface area (Å²) in [7, 11) is 3.38. The Morgan fingerprint density at radius 1 is 1.24 bits per heavy atom. The van der Waals surface area contributed by atoms with Crippen molar-refractivity contribution in [3.05, 3.63) is 23.8 Å². The zero-order valence-corrected chi connectivity index (χ0v) is 12.9. The van der Waals surface area contributed by atoms with Gasteiger partial charge >= 0.3 is 0 Å². The third kappa shape index (κ3) is 5.19. The maximum atomic E-state index is 6.14. The van der Waals surface area contributed by atoms with Crippen LogP contribution in [0.2, 0.25) is 0 Å². The Morgan fingerprint density at radius 2 is 2.05 bits per heavy atom. The van der Waals surface area contributed by atoms with Crippen molar-refractivity contribution >= 4 is 0 Å². The van der Waals surface area contributed by atoms with Crippen LogP contribution in [-0.4, -0.2) is 46.7 Å². The Bertz CT molecular complexity index is 419. The molecule has 0 spiro atoms. The second kappa shape index (κ2) is 8.87. The summed E-state index contributed by atoms with van der Waals surface area (Å²) in [5.74, 6) is 1.77. The number of hydrogen-bond donors (Lipinski definition) is 1. The largest absolute Gasteiger partial charge is 0.497 e. The molecule has 1 saturated heterocycles. The van der Waals surface area contributed by atoms with E-state index in [4.69, 9.17) is 18.9 Å². The van der Waals surface area contributed by atoms with Gasteiger partial charge in [0.1, 0.15) is 17.6 Å². The molecule has 1 aromatic carbocycles. The van der Waals surface area contributed by atoms with Gasteiger partial charge in [0.2, 0.25) is 0 Å². The fourth-order valence-electron chi connectivity index (χ4n) is 2.31. The summed E-state index contributed by atoms with van der Waals surface area (Å²) in [4.78, 5) is 0. The highest BCUT2D eigenvalue weighted by atomic mass is 16.5. The fraction of sp³-hybridized carbons (Fsp3) is 0.625. The van der Waals surface area contributed by atoms with Crippen molar-refractivity contribution in [2.24, 2.45) is 0 Å².